The maximum Gasteiger partial charge on any atom is 0.338 e. The van der Waals surface area contributed by atoms with Gasteiger partial charge in [0.05, 0.1) is 21.3 Å². The largest absolute Gasteiger partial charge is 0.449 e. The molecule has 0 heterocycles. The van der Waals surface area contributed by atoms with Gasteiger partial charge >= 0.3 is 5.97 Å². The number of rotatable bonds is 5. The number of nitrogens with one attached hydrogen (secondary N) is 1. The van der Waals surface area contributed by atoms with Gasteiger partial charge in [0, 0.05) is 5.02 Å². The summed E-state index contributed by atoms with van der Waals surface area (Å²) in [5, 5.41) is 7.99. The average molecular weight is 452 g/mol. The van der Waals surface area contributed by atoms with E-state index >= 15 is 0 Å². The number of sulfonamides is 1. The van der Waals surface area contributed by atoms with E-state index in [1.54, 1.807) is 6.07 Å². The second kappa shape index (κ2) is 8.45. The van der Waals surface area contributed by atoms with Gasteiger partial charge in [0.2, 0.25) is 10.0 Å². The number of primary sulfonamides is 1. The third-order valence-electron chi connectivity index (χ3n) is 3.31. The molecular weight excluding hydrogens is 439 g/mol. The molecule has 2 rings (SSSR count). The van der Waals surface area contributed by atoms with Gasteiger partial charge in [-0.25, -0.2) is 18.4 Å². The van der Waals surface area contributed by atoms with Crippen molar-refractivity contribution in [2.24, 2.45) is 5.14 Å². The zero-order valence-corrected chi connectivity index (χ0v) is 16.8. The van der Waals surface area contributed by atoms with E-state index in [0.717, 1.165) is 6.07 Å². The smallest absolute Gasteiger partial charge is 0.338 e. The molecular formula is C16H13Cl3N2O5S. The number of halogens is 3. The fourth-order valence-corrected chi connectivity index (χ4v) is 3.37. The van der Waals surface area contributed by atoms with Crippen LogP contribution in [-0.4, -0.2) is 26.4 Å². The zero-order chi connectivity index (χ0) is 20.4. The van der Waals surface area contributed by atoms with Gasteiger partial charge in [-0.05, 0) is 43.3 Å². The first kappa shape index (κ1) is 21.5. The molecule has 2 aromatic carbocycles. The maximum atomic E-state index is 12.2. The molecule has 1 amide bonds. The maximum absolute atomic E-state index is 12.2. The van der Waals surface area contributed by atoms with Gasteiger partial charge in [0.25, 0.3) is 5.91 Å². The number of anilines is 1. The highest BCUT2D eigenvalue weighted by molar-refractivity contribution is 7.89. The van der Waals surface area contributed by atoms with Gasteiger partial charge in [0.1, 0.15) is 4.90 Å². The zero-order valence-electron chi connectivity index (χ0n) is 13.7. The number of carbonyl (C=O) groups is 2. The first-order valence-electron chi connectivity index (χ1n) is 7.28. The molecule has 0 aliphatic rings. The van der Waals surface area contributed by atoms with Crippen LogP contribution in [0.15, 0.2) is 41.3 Å². The summed E-state index contributed by atoms with van der Waals surface area (Å²) in [6, 6.07) is 7.89. The lowest BCUT2D eigenvalue weighted by molar-refractivity contribution is -0.123. The Kier molecular flexibility index (Phi) is 6.72. The van der Waals surface area contributed by atoms with Crippen LogP contribution in [0.4, 0.5) is 5.69 Å². The molecule has 0 aliphatic heterocycles. The van der Waals surface area contributed by atoms with Crippen LogP contribution in [0.5, 0.6) is 0 Å². The lowest BCUT2D eigenvalue weighted by Crippen LogP contribution is -2.30. The summed E-state index contributed by atoms with van der Waals surface area (Å²) in [6.45, 7) is 1.34. The quantitative estimate of drug-likeness (QED) is 0.675. The van der Waals surface area contributed by atoms with Crippen molar-refractivity contribution in [2.75, 3.05) is 5.32 Å². The van der Waals surface area contributed by atoms with E-state index in [0.29, 0.717) is 5.02 Å². The van der Waals surface area contributed by atoms with Gasteiger partial charge in [-0.15, -0.1) is 0 Å². The Morgan fingerprint density at radius 2 is 1.70 bits per heavy atom. The Hall–Kier alpha value is -1.84. The first-order valence-corrected chi connectivity index (χ1v) is 9.96. The molecule has 0 radical (unpaired) electrons. The minimum atomic E-state index is -4.13. The molecule has 7 nitrogen and oxygen atoms in total. The highest BCUT2D eigenvalue weighted by atomic mass is 35.5. The van der Waals surface area contributed by atoms with Crippen LogP contribution in [-0.2, 0) is 19.6 Å². The minimum absolute atomic E-state index is 0.135. The Morgan fingerprint density at radius 1 is 1.07 bits per heavy atom. The average Bonchev–Trinajstić information content (AvgIpc) is 2.57. The molecule has 0 aliphatic carbocycles. The van der Waals surface area contributed by atoms with Crippen LogP contribution < -0.4 is 10.5 Å². The molecule has 0 unspecified atom stereocenters. The number of ether oxygens (including phenoxy) is 1. The number of amides is 1. The van der Waals surface area contributed by atoms with Crippen molar-refractivity contribution in [1.29, 1.82) is 0 Å². The number of esters is 1. The predicted octanol–water partition coefficient (Wildman–Crippen LogP) is 3.48. The summed E-state index contributed by atoms with van der Waals surface area (Å²) in [4.78, 5) is 24.0. The SMILES string of the molecule is C[C@@H](OC(=O)c1ccc(Cl)c(S(N)(=O)=O)c1)C(=O)Nc1cc(Cl)ccc1Cl. The summed E-state index contributed by atoms with van der Waals surface area (Å²) in [7, 11) is -4.13. The molecule has 0 spiro atoms. The Bertz CT molecular complexity index is 1010. The molecule has 0 aromatic heterocycles. The Morgan fingerprint density at radius 3 is 2.33 bits per heavy atom. The van der Waals surface area contributed by atoms with Crippen molar-refractivity contribution in [3.8, 4) is 0 Å². The van der Waals surface area contributed by atoms with Crippen LogP contribution in [0.3, 0.4) is 0 Å². The normalized spacial score (nSPS) is 12.3. The summed E-state index contributed by atoms with van der Waals surface area (Å²) < 4.78 is 28.0. The van der Waals surface area contributed by atoms with Crippen LogP contribution in [0, 0.1) is 0 Å². The van der Waals surface area contributed by atoms with Crippen molar-refractivity contribution in [2.45, 2.75) is 17.9 Å². The third-order valence-corrected chi connectivity index (χ3v) is 5.27. The Labute approximate surface area is 170 Å². The fraction of sp³-hybridized carbons (Fsp3) is 0.125. The second-order valence-electron chi connectivity index (χ2n) is 5.35. The minimum Gasteiger partial charge on any atom is -0.449 e. The summed E-state index contributed by atoms with van der Waals surface area (Å²) in [5.41, 5.74) is 0.115. The first-order chi connectivity index (χ1) is 12.5. The van der Waals surface area contributed by atoms with Crippen molar-refractivity contribution >= 4 is 62.4 Å². The van der Waals surface area contributed by atoms with Crippen molar-refractivity contribution < 1.29 is 22.7 Å². The molecule has 27 heavy (non-hydrogen) atoms. The van der Waals surface area contributed by atoms with Crippen molar-refractivity contribution in [1.82, 2.24) is 0 Å². The van der Waals surface area contributed by atoms with Gasteiger partial charge in [-0.2, -0.15) is 0 Å². The highest BCUT2D eigenvalue weighted by Crippen LogP contribution is 2.26. The molecule has 0 bridgehead atoms. The van der Waals surface area contributed by atoms with E-state index in [1.165, 1.54) is 31.2 Å². The molecule has 0 saturated carbocycles. The molecule has 1 atom stereocenters. The van der Waals surface area contributed by atoms with Gasteiger partial charge in [0.15, 0.2) is 6.10 Å². The predicted molar refractivity (Wildman–Crippen MR) is 103 cm³/mol. The van der Waals surface area contributed by atoms with Crippen molar-refractivity contribution in [3.63, 3.8) is 0 Å². The van der Waals surface area contributed by atoms with E-state index in [2.05, 4.69) is 5.32 Å². The molecule has 11 heteroatoms. The molecule has 144 valence electrons. The number of nitrogens with two attached hydrogens (primary N) is 1. The molecule has 0 fully saturated rings. The monoisotopic (exact) mass is 450 g/mol. The second-order valence-corrected chi connectivity index (χ2v) is 8.13. The lowest BCUT2D eigenvalue weighted by Gasteiger charge is -2.15. The van der Waals surface area contributed by atoms with Crippen LogP contribution in [0.1, 0.15) is 17.3 Å². The molecule has 3 N–H and O–H groups in total. The fourth-order valence-electron chi connectivity index (χ4n) is 1.96. The molecule has 0 saturated heterocycles. The van der Waals surface area contributed by atoms with E-state index in [9.17, 15) is 18.0 Å². The van der Waals surface area contributed by atoms with Gasteiger partial charge < -0.3 is 10.1 Å². The van der Waals surface area contributed by atoms with E-state index in [4.69, 9.17) is 44.7 Å². The number of carbonyl (C=O) groups excluding carboxylic acids is 2. The van der Waals surface area contributed by atoms with Gasteiger partial charge in [-0.3, -0.25) is 4.79 Å². The van der Waals surface area contributed by atoms with E-state index < -0.39 is 32.9 Å². The summed E-state index contributed by atoms with van der Waals surface area (Å²) in [5.74, 6) is -1.59. The van der Waals surface area contributed by atoms with Crippen LogP contribution >= 0.6 is 34.8 Å². The number of hydrogen-bond donors (Lipinski definition) is 2. The van der Waals surface area contributed by atoms with Crippen LogP contribution in [0.25, 0.3) is 0 Å². The third kappa shape index (κ3) is 5.57. The van der Waals surface area contributed by atoms with E-state index in [1.807, 2.05) is 0 Å². The number of benzene rings is 2. The number of hydrogen-bond acceptors (Lipinski definition) is 5. The lowest BCUT2D eigenvalue weighted by atomic mass is 10.2. The van der Waals surface area contributed by atoms with Crippen LogP contribution in [0.2, 0.25) is 15.1 Å². The molecule has 2 aromatic rings. The van der Waals surface area contributed by atoms with Crippen molar-refractivity contribution in [3.05, 3.63) is 57.0 Å². The van der Waals surface area contributed by atoms with Gasteiger partial charge in [-0.1, -0.05) is 34.8 Å². The topological polar surface area (TPSA) is 116 Å². The summed E-state index contributed by atoms with van der Waals surface area (Å²) >= 11 is 17.6. The highest BCUT2D eigenvalue weighted by Gasteiger charge is 2.22. The van der Waals surface area contributed by atoms with E-state index in [-0.39, 0.29) is 21.3 Å². The summed E-state index contributed by atoms with van der Waals surface area (Å²) in [6.07, 6.45) is -1.21. The standard InChI is InChI=1S/C16H13Cl3N2O5S/c1-8(15(22)21-13-7-10(17)3-5-11(13)18)26-16(23)9-2-4-12(19)14(6-9)27(20,24)25/h2-8H,1H3,(H,21,22)(H2,20,24,25)/t8-/m1/s1. The Balaban J connectivity index is 2.13.